The Hall–Kier alpha value is 0.107. The van der Waals surface area contributed by atoms with Crippen molar-refractivity contribution in [2.75, 3.05) is 0 Å². The van der Waals surface area contributed by atoms with Gasteiger partial charge < -0.3 is 4.43 Å². The first-order valence-corrected chi connectivity index (χ1v) is 6.14. The first-order chi connectivity index (χ1) is 3.42. The van der Waals surface area contributed by atoms with Crippen LogP contribution in [-0.4, -0.2) is 14.7 Å². The molecule has 8 heavy (non-hydrogen) atoms. The van der Waals surface area contributed by atoms with Gasteiger partial charge in [-0.25, -0.2) is 4.39 Å². The van der Waals surface area contributed by atoms with Crippen LogP contribution in [0.1, 0.15) is 6.92 Å². The fourth-order valence-corrected chi connectivity index (χ4v) is 1.46. The van der Waals surface area contributed by atoms with Gasteiger partial charge >= 0.3 is 0 Å². The van der Waals surface area contributed by atoms with Gasteiger partial charge in [-0.05, 0) is 26.6 Å². The Morgan fingerprint density at radius 2 is 1.75 bits per heavy atom. The topological polar surface area (TPSA) is 9.23 Å². The van der Waals surface area contributed by atoms with Crippen LogP contribution >= 0.6 is 0 Å². The smallest absolute Gasteiger partial charge is 0.187 e. The lowest BCUT2D eigenvalue weighted by Crippen LogP contribution is -2.28. The van der Waals surface area contributed by atoms with Crippen molar-refractivity contribution in [2.24, 2.45) is 0 Å². The fourth-order valence-electron chi connectivity index (χ4n) is 0.487. The number of hydrogen-bond donors (Lipinski definition) is 0. The molecular weight excluding hydrogens is 123 g/mol. The van der Waals surface area contributed by atoms with Crippen LogP contribution < -0.4 is 0 Å². The standard InChI is InChI=1S/C5H13FOSi/c1-5(6)7-8(2,3)4/h5H,1-4H3. The molecule has 0 aromatic rings. The second kappa shape index (κ2) is 2.59. The fraction of sp³-hybridized carbons (Fsp3) is 1.00. The first kappa shape index (κ1) is 8.11. The van der Waals surface area contributed by atoms with E-state index in [0.29, 0.717) is 0 Å². The molecule has 50 valence electrons. The highest BCUT2D eigenvalue weighted by molar-refractivity contribution is 6.69. The van der Waals surface area contributed by atoms with Crippen LogP contribution in [0.15, 0.2) is 0 Å². The Labute approximate surface area is 51.0 Å². The van der Waals surface area contributed by atoms with Gasteiger partial charge in [0.05, 0.1) is 0 Å². The minimum absolute atomic E-state index is 1.10. The predicted molar refractivity (Wildman–Crippen MR) is 35.0 cm³/mol. The lowest BCUT2D eigenvalue weighted by molar-refractivity contribution is 0.0788. The monoisotopic (exact) mass is 136 g/mol. The summed E-state index contributed by atoms with van der Waals surface area (Å²) in [4.78, 5) is 0. The minimum atomic E-state index is -1.60. The highest BCUT2D eigenvalue weighted by atomic mass is 28.4. The van der Waals surface area contributed by atoms with E-state index in [2.05, 4.69) is 0 Å². The molecule has 0 fully saturated rings. The average Bonchev–Trinajstić information content (AvgIpc) is 1.21. The summed E-state index contributed by atoms with van der Waals surface area (Å²) in [5.41, 5.74) is 0. The molecule has 0 rings (SSSR count). The van der Waals surface area contributed by atoms with Gasteiger partial charge in [0.25, 0.3) is 0 Å². The normalized spacial score (nSPS) is 16.1. The third-order valence-electron chi connectivity index (χ3n) is 0.516. The zero-order chi connectivity index (χ0) is 6.78. The average molecular weight is 136 g/mol. The van der Waals surface area contributed by atoms with Gasteiger partial charge in [0.1, 0.15) is 0 Å². The highest BCUT2D eigenvalue weighted by Crippen LogP contribution is 2.06. The van der Waals surface area contributed by atoms with Crippen molar-refractivity contribution >= 4 is 8.32 Å². The molecule has 0 aromatic heterocycles. The lowest BCUT2D eigenvalue weighted by atomic mass is 10.8. The summed E-state index contributed by atoms with van der Waals surface area (Å²) in [5.74, 6) is 0. The molecule has 0 aliphatic heterocycles. The maximum atomic E-state index is 12.0. The summed E-state index contributed by atoms with van der Waals surface area (Å²) in [5, 5.41) is 0. The molecule has 0 N–H and O–H groups in total. The van der Waals surface area contributed by atoms with Gasteiger partial charge in [0, 0.05) is 0 Å². The molecule has 0 amide bonds. The van der Waals surface area contributed by atoms with E-state index in [0.717, 1.165) is 0 Å². The zero-order valence-electron chi connectivity index (χ0n) is 5.86. The molecule has 0 spiro atoms. The van der Waals surface area contributed by atoms with Crippen molar-refractivity contribution in [2.45, 2.75) is 32.9 Å². The maximum Gasteiger partial charge on any atom is 0.187 e. The van der Waals surface area contributed by atoms with Gasteiger partial charge in [0.2, 0.25) is 0 Å². The second-order valence-electron chi connectivity index (χ2n) is 2.77. The van der Waals surface area contributed by atoms with Crippen LogP contribution in [0, 0.1) is 0 Å². The Bertz CT molecular complexity index is 67.3. The second-order valence-corrected chi connectivity index (χ2v) is 7.23. The summed E-state index contributed by atoms with van der Waals surface area (Å²) < 4.78 is 16.9. The Morgan fingerprint density at radius 3 is 1.75 bits per heavy atom. The highest BCUT2D eigenvalue weighted by Gasteiger charge is 2.16. The Kier molecular flexibility index (Phi) is 2.63. The number of halogens is 1. The van der Waals surface area contributed by atoms with Crippen LogP contribution in [0.4, 0.5) is 4.39 Å². The molecule has 0 aliphatic rings. The summed E-state index contributed by atoms with van der Waals surface area (Å²) in [6, 6.07) is 0. The molecule has 3 heteroatoms. The van der Waals surface area contributed by atoms with Gasteiger partial charge in [-0.1, -0.05) is 0 Å². The molecule has 1 unspecified atom stereocenters. The SMILES string of the molecule is CC(F)O[Si](C)(C)C. The van der Waals surface area contributed by atoms with Crippen LogP contribution in [-0.2, 0) is 4.43 Å². The molecule has 0 saturated heterocycles. The molecule has 0 aliphatic carbocycles. The van der Waals surface area contributed by atoms with Gasteiger partial charge in [-0.15, -0.1) is 0 Å². The lowest BCUT2D eigenvalue weighted by Gasteiger charge is -2.17. The summed E-state index contributed by atoms with van der Waals surface area (Å²) in [6.45, 7) is 7.30. The van der Waals surface area contributed by atoms with Crippen LogP contribution in [0.25, 0.3) is 0 Å². The van der Waals surface area contributed by atoms with E-state index in [1.807, 2.05) is 19.6 Å². The van der Waals surface area contributed by atoms with Crippen molar-refractivity contribution in [3.63, 3.8) is 0 Å². The Morgan fingerprint density at radius 1 is 1.38 bits per heavy atom. The first-order valence-electron chi connectivity index (χ1n) is 2.74. The van der Waals surface area contributed by atoms with E-state index in [1.165, 1.54) is 6.92 Å². The molecule has 0 aromatic carbocycles. The van der Waals surface area contributed by atoms with Crippen molar-refractivity contribution < 1.29 is 8.82 Å². The van der Waals surface area contributed by atoms with Crippen LogP contribution in [0.5, 0.6) is 0 Å². The third-order valence-corrected chi connectivity index (χ3v) is 1.55. The van der Waals surface area contributed by atoms with Crippen molar-refractivity contribution in [1.29, 1.82) is 0 Å². The summed E-state index contributed by atoms with van der Waals surface area (Å²) in [6.07, 6.45) is -1.10. The zero-order valence-corrected chi connectivity index (χ0v) is 6.86. The molecule has 0 saturated carbocycles. The molecule has 1 nitrogen and oxygen atoms in total. The Balaban J connectivity index is 3.39. The van der Waals surface area contributed by atoms with Crippen LogP contribution in [0.3, 0.4) is 0 Å². The number of rotatable bonds is 2. The summed E-state index contributed by atoms with van der Waals surface area (Å²) in [7, 11) is -1.60. The maximum absolute atomic E-state index is 12.0. The van der Waals surface area contributed by atoms with Gasteiger partial charge in [-0.3, -0.25) is 0 Å². The van der Waals surface area contributed by atoms with E-state index < -0.39 is 14.7 Å². The largest absolute Gasteiger partial charge is 0.390 e. The molecule has 0 radical (unpaired) electrons. The molecule has 0 heterocycles. The number of alkyl halides is 1. The van der Waals surface area contributed by atoms with E-state index >= 15 is 0 Å². The van der Waals surface area contributed by atoms with E-state index in [-0.39, 0.29) is 0 Å². The van der Waals surface area contributed by atoms with Gasteiger partial charge in [0.15, 0.2) is 14.7 Å². The van der Waals surface area contributed by atoms with Crippen LogP contribution in [0.2, 0.25) is 19.6 Å². The predicted octanol–water partition coefficient (Wildman–Crippen LogP) is 2.15. The van der Waals surface area contributed by atoms with Gasteiger partial charge in [-0.2, -0.15) is 0 Å². The number of hydrogen-bond acceptors (Lipinski definition) is 1. The van der Waals surface area contributed by atoms with E-state index in [4.69, 9.17) is 4.43 Å². The molecular formula is C5H13FOSi. The van der Waals surface area contributed by atoms with Crippen molar-refractivity contribution in [3.8, 4) is 0 Å². The quantitative estimate of drug-likeness (QED) is 0.528. The van der Waals surface area contributed by atoms with Crippen molar-refractivity contribution in [3.05, 3.63) is 0 Å². The third kappa shape index (κ3) is 6.11. The van der Waals surface area contributed by atoms with E-state index in [9.17, 15) is 4.39 Å². The molecule has 1 atom stereocenters. The van der Waals surface area contributed by atoms with E-state index in [1.54, 1.807) is 0 Å². The van der Waals surface area contributed by atoms with Crippen molar-refractivity contribution in [1.82, 2.24) is 0 Å². The minimum Gasteiger partial charge on any atom is -0.390 e. The summed E-state index contributed by atoms with van der Waals surface area (Å²) >= 11 is 0. The molecule has 0 bridgehead atoms.